The van der Waals surface area contributed by atoms with Crippen LogP contribution in [0.2, 0.25) is 19.6 Å². The number of imidazole rings is 1. The van der Waals surface area contributed by atoms with E-state index in [9.17, 15) is 0 Å². The third kappa shape index (κ3) is 8.91. The SMILES string of the molecule is CC(C)c1cccc(C(C)C)c1-n1c(-c2[c-]cc3c(c2)c2ccccc2n3-c2ccccc2)nc2ccccc21.C[Si](C)(C)c1cnc(-c2[c-]cccc2)cc1CC1CCCC1.[Ir]. The number of para-hydroxylation sites is 5. The molecule has 10 rings (SSSR count). The zero-order chi connectivity index (χ0) is 43.0. The van der Waals surface area contributed by atoms with Gasteiger partial charge in [-0.3, -0.25) is 4.98 Å². The number of fused-ring (bicyclic) bond motifs is 4. The average Bonchev–Trinajstić information content (AvgIpc) is 4.03. The van der Waals surface area contributed by atoms with Crippen LogP contribution in [0, 0.1) is 18.1 Å². The Morgan fingerprint density at radius 3 is 2.00 bits per heavy atom. The van der Waals surface area contributed by atoms with Gasteiger partial charge in [-0.05, 0) is 87.4 Å². The Morgan fingerprint density at radius 1 is 0.651 bits per heavy atom. The Labute approximate surface area is 388 Å². The van der Waals surface area contributed by atoms with Gasteiger partial charge < -0.3 is 14.1 Å². The summed E-state index contributed by atoms with van der Waals surface area (Å²) in [5.41, 5.74) is 14.2. The maximum Gasteiger partial charge on any atom is 0.0798 e. The summed E-state index contributed by atoms with van der Waals surface area (Å²) in [6, 6.07) is 56.3. The number of aromatic nitrogens is 4. The fourth-order valence-corrected chi connectivity index (χ4v) is 11.3. The predicted octanol–water partition coefficient (Wildman–Crippen LogP) is 14.7. The van der Waals surface area contributed by atoms with E-state index >= 15 is 0 Å². The van der Waals surface area contributed by atoms with Crippen LogP contribution in [0.5, 0.6) is 0 Å². The summed E-state index contributed by atoms with van der Waals surface area (Å²) in [6.07, 6.45) is 9.03. The smallest absolute Gasteiger partial charge is 0.0798 e. The van der Waals surface area contributed by atoms with Crippen molar-refractivity contribution in [3.63, 3.8) is 0 Å². The van der Waals surface area contributed by atoms with Gasteiger partial charge in [0.15, 0.2) is 0 Å². The normalized spacial score (nSPS) is 13.2. The molecule has 0 amide bonds. The molecule has 6 aromatic carbocycles. The first-order valence-corrected chi connectivity index (χ1v) is 26.1. The number of nitrogens with zero attached hydrogens (tertiary/aromatic N) is 4. The van der Waals surface area contributed by atoms with Crippen LogP contribution in [-0.4, -0.2) is 27.2 Å². The molecule has 63 heavy (non-hydrogen) atoms. The molecule has 0 saturated heterocycles. The standard InChI is InChI=1S/C37H32N3.C20H26NSi.Ir/c1-24(2)28-16-12-17-29(25(3)4)36(28)40-35-20-11-9-18-32(35)38-37(40)26-21-22-34-31(23-26)30-15-8-10-19-33(30)39(34)27-13-6-5-7-14-27;1-22(2,3)20-15-21-19(17-11-5-4-6-12-17)14-18(20)13-16-9-7-8-10-16;/h5-20,22-25H,1-4H3;4-6,11,14-16H,7-10,13H2,1-3H3;/q2*-1;. The van der Waals surface area contributed by atoms with E-state index in [-0.39, 0.29) is 20.1 Å². The molecule has 1 fully saturated rings. The minimum absolute atomic E-state index is 0. The van der Waals surface area contributed by atoms with Gasteiger partial charge in [0.2, 0.25) is 0 Å². The van der Waals surface area contributed by atoms with Gasteiger partial charge in [0.25, 0.3) is 0 Å². The molecule has 0 atom stereocenters. The van der Waals surface area contributed by atoms with Gasteiger partial charge in [0.05, 0.1) is 24.9 Å². The molecule has 0 bridgehead atoms. The van der Waals surface area contributed by atoms with E-state index < -0.39 is 8.07 Å². The van der Waals surface area contributed by atoms with Crippen molar-refractivity contribution in [3.8, 4) is 34.0 Å². The van der Waals surface area contributed by atoms with E-state index in [0.29, 0.717) is 11.8 Å². The summed E-state index contributed by atoms with van der Waals surface area (Å²) in [6.45, 7) is 16.4. The first-order chi connectivity index (χ1) is 30.1. The second kappa shape index (κ2) is 18.8. The van der Waals surface area contributed by atoms with Gasteiger partial charge in [0.1, 0.15) is 0 Å². The minimum atomic E-state index is -1.35. The van der Waals surface area contributed by atoms with Gasteiger partial charge in [0, 0.05) is 43.2 Å². The average molecular weight is 1020 g/mol. The number of benzene rings is 6. The number of pyridine rings is 1. The van der Waals surface area contributed by atoms with Crippen molar-refractivity contribution in [2.24, 2.45) is 5.92 Å². The Bertz CT molecular complexity index is 2960. The molecule has 3 aromatic heterocycles. The van der Waals surface area contributed by atoms with E-state index in [0.717, 1.165) is 50.8 Å². The van der Waals surface area contributed by atoms with Crippen LogP contribution < -0.4 is 5.19 Å². The van der Waals surface area contributed by atoms with Crippen LogP contribution in [0.4, 0.5) is 0 Å². The zero-order valence-corrected chi connectivity index (χ0v) is 41.1. The van der Waals surface area contributed by atoms with E-state index in [1.165, 1.54) is 65.2 Å². The van der Waals surface area contributed by atoms with Gasteiger partial charge in [-0.2, -0.15) is 0 Å². The van der Waals surface area contributed by atoms with Crippen LogP contribution in [-0.2, 0) is 26.5 Å². The molecule has 1 aliphatic rings. The van der Waals surface area contributed by atoms with Gasteiger partial charge in [-0.25, -0.2) is 0 Å². The zero-order valence-electron chi connectivity index (χ0n) is 37.7. The second-order valence-corrected chi connectivity index (χ2v) is 23.8. The molecular weight excluding hydrogens is 961 g/mol. The molecular formula is C57H58IrN4Si-2. The topological polar surface area (TPSA) is 35.6 Å². The molecule has 0 N–H and O–H groups in total. The maximum atomic E-state index is 5.24. The second-order valence-electron chi connectivity index (χ2n) is 18.8. The van der Waals surface area contributed by atoms with E-state index in [1.54, 1.807) is 10.8 Å². The third-order valence-electron chi connectivity index (χ3n) is 12.8. The van der Waals surface area contributed by atoms with Crippen molar-refractivity contribution in [1.82, 2.24) is 19.1 Å². The molecule has 1 radical (unpaired) electrons. The van der Waals surface area contributed by atoms with Crippen molar-refractivity contribution in [2.75, 3.05) is 0 Å². The first-order valence-electron chi connectivity index (χ1n) is 22.6. The van der Waals surface area contributed by atoms with Crippen LogP contribution in [0.25, 0.3) is 66.9 Å². The van der Waals surface area contributed by atoms with Crippen LogP contribution in [0.3, 0.4) is 0 Å². The fourth-order valence-electron chi connectivity index (χ4n) is 9.66. The number of hydrogen-bond acceptors (Lipinski definition) is 2. The van der Waals surface area contributed by atoms with Gasteiger partial charge >= 0.3 is 0 Å². The molecule has 0 spiro atoms. The van der Waals surface area contributed by atoms with Crippen molar-refractivity contribution in [2.45, 2.75) is 91.3 Å². The monoisotopic (exact) mass is 1020 g/mol. The van der Waals surface area contributed by atoms with Crippen molar-refractivity contribution in [1.29, 1.82) is 0 Å². The summed E-state index contributed by atoms with van der Waals surface area (Å²) in [5.74, 6) is 2.55. The van der Waals surface area contributed by atoms with Crippen molar-refractivity contribution < 1.29 is 20.1 Å². The summed E-state index contributed by atoms with van der Waals surface area (Å²) in [7, 11) is -1.35. The van der Waals surface area contributed by atoms with Crippen molar-refractivity contribution in [3.05, 3.63) is 175 Å². The van der Waals surface area contributed by atoms with Crippen LogP contribution in [0.15, 0.2) is 146 Å². The molecule has 4 nitrogen and oxygen atoms in total. The number of hydrogen-bond donors (Lipinski definition) is 0. The van der Waals surface area contributed by atoms with Crippen LogP contribution in [0.1, 0.15) is 81.9 Å². The van der Waals surface area contributed by atoms with E-state index in [4.69, 9.17) is 9.97 Å². The molecule has 3 heterocycles. The molecule has 0 unspecified atom stereocenters. The largest absolute Gasteiger partial charge is 0.351 e. The Morgan fingerprint density at radius 2 is 1.32 bits per heavy atom. The molecule has 1 saturated carbocycles. The number of rotatable bonds is 9. The molecule has 9 aromatic rings. The summed E-state index contributed by atoms with van der Waals surface area (Å²) in [5, 5.41) is 3.97. The van der Waals surface area contributed by atoms with Crippen molar-refractivity contribution >= 4 is 46.1 Å². The third-order valence-corrected chi connectivity index (χ3v) is 14.8. The summed E-state index contributed by atoms with van der Waals surface area (Å²) in [4.78, 5) is 9.99. The van der Waals surface area contributed by atoms with Crippen LogP contribution >= 0.6 is 0 Å². The maximum absolute atomic E-state index is 5.24. The molecule has 0 aliphatic heterocycles. The van der Waals surface area contributed by atoms with E-state index in [1.807, 2.05) is 12.1 Å². The summed E-state index contributed by atoms with van der Waals surface area (Å²) >= 11 is 0. The fraction of sp³-hybridized carbons (Fsp3) is 0.263. The summed E-state index contributed by atoms with van der Waals surface area (Å²) < 4.78 is 4.72. The molecule has 321 valence electrons. The predicted molar refractivity (Wildman–Crippen MR) is 265 cm³/mol. The Kier molecular flexibility index (Phi) is 13.2. The Balaban J connectivity index is 0.000000201. The first kappa shape index (κ1) is 44.2. The Hall–Kier alpha value is -5.39. The minimum Gasteiger partial charge on any atom is -0.351 e. The van der Waals surface area contributed by atoms with Gasteiger partial charge in [-0.1, -0.05) is 157 Å². The molecule has 1 aliphatic carbocycles. The quantitative estimate of drug-likeness (QED) is 0.107. The van der Waals surface area contributed by atoms with E-state index in [2.05, 4.69) is 202 Å². The van der Waals surface area contributed by atoms with Gasteiger partial charge in [-0.15, -0.1) is 59.7 Å². The molecule has 6 heteroatoms.